The maximum absolute atomic E-state index is 13.5. The zero-order valence-corrected chi connectivity index (χ0v) is 10.2. The first-order valence-electron chi connectivity index (χ1n) is 5.65. The van der Waals surface area contributed by atoms with Crippen molar-refractivity contribution in [2.24, 2.45) is 4.99 Å². The highest BCUT2D eigenvalue weighted by molar-refractivity contribution is 6.07. The average Bonchev–Trinajstić information content (AvgIpc) is 2.89. The Morgan fingerprint density at radius 2 is 2.32 bits per heavy atom. The van der Waals surface area contributed by atoms with Crippen molar-refractivity contribution in [2.75, 3.05) is 13.2 Å². The molecule has 0 unspecified atom stereocenters. The molecule has 1 aromatic heterocycles. The lowest BCUT2D eigenvalue weighted by Gasteiger charge is -2.07. The molecule has 19 heavy (non-hydrogen) atoms. The highest BCUT2D eigenvalue weighted by Crippen LogP contribution is 2.21. The van der Waals surface area contributed by atoms with Crippen LogP contribution in [0.1, 0.15) is 12.5 Å². The molecule has 0 aliphatic rings. The van der Waals surface area contributed by atoms with Gasteiger partial charge >= 0.3 is 0 Å². The zero-order chi connectivity index (χ0) is 13.8. The fourth-order valence-corrected chi connectivity index (χ4v) is 1.66. The molecule has 8 heteroatoms. The molecular weight excluding hydrogens is 256 g/mol. The smallest absolute Gasteiger partial charge is 0.186 e. The number of hydrogen-bond acceptors (Lipinski definition) is 4. The SMILES string of the molecule is CCNCN=C(NO)c1cc(F)c(F)c2nc[nH]c12. The van der Waals surface area contributed by atoms with Crippen molar-refractivity contribution in [3.05, 3.63) is 29.6 Å². The van der Waals surface area contributed by atoms with Crippen molar-refractivity contribution >= 4 is 16.9 Å². The maximum Gasteiger partial charge on any atom is 0.186 e. The number of nitrogens with one attached hydrogen (secondary N) is 3. The Morgan fingerprint density at radius 1 is 1.53 bits per heavy atom. The zero-order valence-electron chi connectivity index (χ0n) is 10.2. The number of imidazole rings is 1. The number of benzene rings is 1. The van der Waals surface area contributed by atoms with Crippen molar-refractivity contribution in [3.8, 4) is 0 Å². The van der Waals surface area contributed by atoms with Gasteiger partial charge in [-0.3, -0.25) is 21.0 Å². The molecule has 0 atom stereocenters. The quantitative estimate of drug-likeness (QED) is 0.290. The molecule has 0 aliphatic heterocycles. The number of amidine groups is 1. The standard InChI is InChI=1S/C11H13F2N5O/c1-2-14-4-17-11(18-19)6-3-7(12)8(13)10-9(6)15-5-16-10/h3,5,14,19H,2,4H2,1H3,(H,15,16)(H,17,18). The predicted molar refractivity (Wildman–Crippen MR) is 66.0 cm³/mol. The molecular formula is C11H13F2N5O. The van der Waals surface area contributed by atoms with E-state index in [0.29, 0.717) is 6.54 Å². The van der Waals surface area contributed by atoms with Gasteiger partial charge in [0.1, 0.15) is 5.52 Å². The van der Waals surface area contributed by atoms with Crippen LogP contribution >= 0.6 is 0 Å². The van der Waals surface area contributed by atoms with Gasteiger partial charge in [-0.25, -0.2) is 13.8 Å². The van der Waals surface area contributed by atoms with Crippen LogP contribution in [-0.4, -0.2) is 34.2 Å². The summed E-state index contributed by atoms with van der Waals surface area (Å²) in [6, 6.07) is 0.948. The maximum atomic E-state index is 13.5. The van der Waals surface area contributed by atoms with Crippen LogP contribution in [0.3, 0.4) is 0 Å². The molecule has 2 aromatic rings. The van der Waals surface area contributed by atoms with Gasteiger partial charge in [0.05, 0.1) is 18.5 Å². The van der Waals surface area contributed by atoms with Crippen LogP contribution in [-0.2, 0) is 0 Å². The third-order valence-corrected chi connectivity index (χ3v) is 2.56. The fraction of sp³-hybridized carbons (Fsp3) is 0.273. The summed E-state index contributed by atoms with van der Waals surface area (Å²) in [5.41, 5.74) is 2.20. The number of nitrogens with zero attached hydrogens (tertiary/aromatic N) is 2. The molecule has 0 saturated carbocycles. The lowest BCUT2D eigenvalue weighted by atomic mass is 10.1. The predicted octanol–water partition coefficient (Wildman–Crippen LogP) is 1.13. The number of hydrogen-bond donors (Lipinski definition) is 4. The Morgan fingerprint density at radius 3 is 3.00 bits per heavy atom. The van der Waals surface area contributed by atoms with Crippen molar-refractivity contribution in [1.29, 1.82) is 0 Å². The summed E-state index contributed by atoms with van der Waals surface area (Å²) in [5.74, 6) is -2.07. The van der Waals surface area contributed by atoms with Gasteiger partial charge in [0, 0.05) is 5.56 Å². The second kappa shape index (κ2) is 5.72. The Labute approximate surface area is 107 Å². The molecule has 6 nitrogen and oxygen atoms in total. The Bertz CT molecular complexity index is 610. The average molecular weight is 269 g/mol. The second-order valence-corrected chi connectivity index (χ2v) is 3.73. The van der Waals surface area contributed by atoms with Gasteiger partial charge in [0.15, 0.2) is 17.5 Å². The van der Waals surface area contributed by atoms with E-state index in [0.717, 1.165) is 6.07 Å². The van der Waals surface area contributed by atoms with E-state index in [9.17, 15) is 8.78 Å². The third kappa shape index (κ3) is 2.54. The molecule has 0 fully saturated rings. The molecule has 1 aromatic carbocycles. The summed E-state index contributed by atoms with van der Waals surface area (Å²) in [5, 5.41) is 12.0. The van der Waals surface area contributed by atoms with Gasteiger partial charge in [0.25, 0.3) is 0 Å². The minimum absolute atomic E-state index is 0.0223. The first-order chi connectivity index (χ1) is 9.19. The molecule has 1 heterocycles. The Balaban J connectivity index is 2.51. The largest absolute Gasteiger partial charge is 0.344 e. The topological polar surface area (TPSA) is 85.3 Å². The van der Waals surface area contributed by atoms with Crippen LogP contribution in [0.2, 0.25) is 0 Å². The Kier molecular flexibility index (Phi) is 4.03. The van der Waals surface area contributed by atoms with Crippen molar-refractivity contribution in [3.63, 3.8) is 0 Å². The molecule has 0 aliphatic carbocycles. The van der Waals surface area contributed by atoms with E-state index in [1.807, 2.05) is 12.4 Å². The van der Waals surface area contributed by atoms with Gasteiger partial charge in [-0.2, -0.15) is 0 Å². The fourth-order valence-electron chi connectivity index (χ4n) is 1.66. The number of rotatable bonds is 4. The third-order valence-electron chi connectivity index (χ3n) is 2.56. The normalized spacial score (nSPS) is 12.1. The van der Waals surface area contributed by atoms with Crippen LogP contribution in [0.15, 0.2) is 17.4 Å². The van der Waals surface area contributed by atoms with E-state index >= 15 is 0 Å². The lowest BCUT2D eigenvalue weighted by Crippen LogP contribution is -2.24. The van der Waals surface area contributed by atoms with Gasteiger partial charge in [-0.1, -0.05) is 6.92 Å². The van der Waals surface area contributed by atoms with Gasteiger partial charge in [-0.05, 0) is 12.6 Å². The molecule has 0 spiro atoms. The summed E-state index contributed by atoms with van der Waals surface area (Å²) in [4.78, 5) is 10.4. The molecule has 0 saturated heterocycles. The minimum Gasteiger partial charge on any atom is -0.344 e. The number of halogens is 2. The highest BCUT2D eigenvalue weighted by Gasteiger charge is 2.17. The second-order valence-electron chi connectivity index (χ2n) is 3.73. The number of aliphatic imine (C=N–C) groups is 1. The van der Waals surface area contributed by atoms with E-state index in [4.69, 9.17) is 5.21 Å². The molecule has 102 valence electrons. The summed E-state index contributed by atoms with van der Waals surface area (Å²) in [7, 11) is 0. The molecule has 4 N–H and O–H groups in total. The van der Waals surface area contributed by atoms with Crippen molar-refractivity contribution < 1.29 is 14.0 Å². The van der Waals surface area contributed by atoms with Gasteiger partial charge in [-0.15, -0.1) is 0 Å². The van der Waals surface area contributed by atoms with Gasteiger partial charge < -0.3 is 4.98 Å². The number of hydroxylamine groups is 1. The molecule has 2 rings (SSSR count). The lowest BCUT2D eigenvalue weighted by molar-refractivity contribution is 0.234. The Hall–Kier alpha value is -2.06. The number of H-pyrrole nitrogens is 1. The van der Waals surface area contributed by atoms with E-state index in [1.54, 1.807) is 0 Å². The van der Waals surface area contributed by atoms with Crippen LogP contribution in [0.4, 0.5) is 8.78 Å². The highest BCUT2D eigenvalue weighted by atomic mass is 19.2. The van der Waals surface area contributed by atoms with Gasteiger partial charge in [0.2, 0.25) is 0 Å². The van der Waals surface area contributed by atoms with Crippen LogP contribution in [0, 0.1) is 11.6 Å². The summed E-state index contributed by atoms with van der Waals surface area (Å²) >= 11 is 0. The minimum atomic E-state index is -1.05. The van der Waals surface area contributed by atoms with E-state index < -0.39 is 11.6 Å². The number of fused-ring (bicyclic) bond motifs is 1. The van der Waals surface area contributed by atoms with Crippen LogP contribution in [0.5, 0.6) is 0 Å². The van der Waals surface area contributed by atoms with Crippen molar-refractivity contribution in [2.45, 2.75) is 6.92 Å². The van der Waals surface area contributed by atoms with E-state index in [1.165, 1.54) is 6.33 Å². The van der Waals surface area contributed by atoms with E-state index in [2.05, 4.69) is 20.3 Å². The van der Waals surface area contributed by atoms with Crippen LogP contribution in [0.25, 0.3) is 11.0 Å². The summed E-state index contributed by atoms with van der Waals surface area (Å²) < 4.78 is 27.0. The van der Waals surface area contributed by atoms with E-state index in [-0.39, 0.29) is 29.1 Å². The van der Waals surface area contributed by atoms with Crippen LogP contribution < -0.4 is 10.8 Å². The molecule has 0 bridgehead atoms. The summed E-state index contributed by atoms with van der Waals surface area (Å²) in [6.45, 7) is 2.82. The van der Waals surface area contributed by atoms with Crippen molar-refractivity contribution in [1.82, 2.24) is 20.8 Å². The molecule has 0 radical (unpaired) electrons. The number of aromatic nitrogens is 2. The number of aromatic amines is 1. The first kappa shape index (κ1) is 13.4. The molecule has 0 amide bonds. The first-order valence-corrected chi connectivity index (χ1v) is 5.65. The monoisotopic (exact) mass is 269 g/mol. The summed E-state index contributed by atoms with van der Waals surface area (Å²) in [6.07, 6.45) is 1.25.